The van der Waals surface area contributed by atoms with E-state index in [4.69, 9.17) is 10.7 Å². The van der Waals surface area contributed by atoms with Crippen molar-refractivity contribution in [3.8, 4) is 11.4 Å². The molecular weight excluding hydrogens is 222 g/mol. The molecule has 96 valence electrons. The van der Waals surface area contributed by atoms with Gasteiger partial charge in [-0.15, -0.1) is 0 Å². The molecular formula is C15H21N3. The molecule has 0 saturated heterocycles. The van der Waals surface area contributed by atoms with Crippen LogP contribution in [0, 0.1) is 0 Å². The number of hydrogen-bond acceptors (Lipinski definition) is 2. The van der Waals surface area contributed by atoms with Crippen LogP contribution in [0.2, 0.25) is 0 Å². The van der Waals surface area contributed by atoms with Crippen molar-refractivity contribution in [2.75, 3.05) is 5.73 Å². The predicted molar refractivity (Wildman–Crippen MR) is 76.4 cm³/mol. The fourth-order valence-electron chi connectivity index (χ4n) is 2.20. The third kappa shape index (κ3) is 2.13. The Morgan fingerprint density at radius 1 is 1.17 bits per heavy atom. The third-order valence-electron chi connectivity index (χ3n) is 3.03. The Labute approximate surface area is 109 Å². The maximum atomic E-state index is 6.24. The minimum absolute atomic E-state index is 0.0737. The zero-order valence-corrected chi connectivity index (χ0v) is 11.6. The van der Waals surface area contributed by atoms with Crippen LogP contribution >= 0.6 is 0 Å². The second-order valence-electron chi connectivity index (χ2n) is 5.49. The van der Waals surface area contributed by atoms with Gasteiger partial charge in [-0.3, -0.25) is 0 Å². The molecule has 0 spiro atoms. The van der Waals surface area contributed by atoms with E-state index in [1.54, 1.807) is 0 Å². The molecule has 18 heavy (non-hydrogen) atoms. The molecule has 2 rings (SSSR count). The highest BCUT2D eigenvalue weighted by molar-refractivity contribution is 5.61. The van der Waals surface area contributed by atoms with Gasteiger partial charge >= 0.3 is 0 Å². The lowest BCUT2D eigenvalue weighted by Gasteiger charge is -2.25. The normalized spacial score (nSPS) is 11.8. The van der Waals surface area contributed by atoms with Crippen LogP contribution < -0.4 is 5.73 Å². The van der Waals surface area contributed by atoms with Crippen LogP contribution in [-0.4, -0.2) is 9.55 Å². The van der Waals surface area contributed by atoms with E-state index in [0.29, 0.717) is 0 Å². The molecule has 2 N–H and O–H groups in total. The molecule has 1 aromatic heterocycles. The molecule has 3 nitrogen and oxygen atoms in total. The monoisotopic (exact) mass is 243 g/mol. The Balaban J connectivity index is 2.68. The largest absolute Gasteiger partial charge is 0.384 e. The van der Waals surface area contributed by atoms with Gasteiger partial charge in [-0.25, -0.2) is 4.98 Å². The second kappa shape index (κ2) is 4.48. The number of aromatic nitrogens is 2. The highest BCUT2D eigenvalue weighted by Crippen LogP contribution is 2.31. The summed E-state index contributed by atoms with van der Waals surface area (Å²) in [5.74, 6) is 1.74. The molecule has 0 unspecified atom stereocenters. The van der Waals surface area contributed by atoms with E-state index in [2.05, 4.69) is 44.4 Å². The van der Waals surface area contributed by atoms with Crippen molar-refractivity contribution < 1.29 is 0 Å². The number of aryl methyl sites for hydroxylation is 1. The zero-order valence-electron chi connectivity index (χ0n) is 11.6. The smallest absolute Gasteiger partial charge is 0.142 e. The van der Waals surface area contributed by atoms with Gasteiger partial charge in [-0.05, 0) is 27.2 Å². The Morgan fingerprint density at radius 3 is 2.28 bits per heavy atom. The number of rotatable bonds is 2. The second-order valence-corrected chi connectivity index (χ2v) is 5.49. The summed E-state index contributed by atoms with van der Waals surface area (Å²) >= 11 is 0. The highest BCUT2D eigenvalue weighted by atomic mass is 15.2. The Hall–Kier alpha value is -1.77. The van der Waals surface area contributed by atoms with Crippen molar-refractivity contribution in [2.24, 2.45) is 0 Å². The maximum Gasteiger partial charge on any atom is 0.142 e. The van der Waals surface area contributed by atoms with Crippen molar-refractivity contribution in [1.82, 2.24) is 9.55 Å². The fourth-order valence-corrected chi connectivity index (χ4v) is 2.20. The number of nitrogens with two attached hydrogens (primary N) is 1. The fraction of sp³-hybridized carbons (Fsp3) is 0.400. The average molecular weight is 243 g/mol. The molecule has 0 radical (unpaired) electrons. The summed E-state index contributed by atoms with van der Waals surface area (Å²) in [6.45, 7) is 8.53. The Morgan fingerprint density at radius 2 is 1.78 bits per heavy atom. The van der Waals surface area contributed by atoms with Gasteiger partial charge in [0.1, 0.15) is 11.6 Å². The number of nitrogens with zero attached hydrogens (tertiary/aromatic N) is 2. The average Bonchev–Trinajstić information content (AvgIpc) is 2.67. The lowest BCUT2D eigenvalue weighted by atomic mass is 10.1. The van der Waals surface area contributed by atoms with Crippen LogP contribution in [0.1, 0.15) is 33.4 Å². The molecule has 0 fully saturated rings. The molecule has 0 atom stereocenters. The van der Waals surface area contributed by atoms with Gasteiger partial charge in [0.15, 0.2) is 0 Å². The van der Waals surface area contributed by atoms with Gasteiger partial charge in [0, 0.05) is 11.1 Å². The number of imidazole rings is 1. The SMILES string of the molecule is CCc1nc(-c2ccccc2)n(C(C)(C)C)c1N. The van der Waals surface area contributed by atoms with E-state index in [9.17, 15) is 0 Å². The van der Waals surface area contributed by atoms with E-state index < -0.39 is 0 Å². The zero-order chi connectivity index (χ0) is 13.3. The van der Waals surface area contributed by atoms with Crippen LogP contribution in [0.4, 0.5) is 5.82 Å². The number of hydrogen-bond donors (Lipinski definition) is 1. The first-order valence-corrected chi connectivity index (χ1v) is 6.38. The van der Waals surface area contributed by atoms with E-state index in [1.807, 2.05) is 18.2 Å². The molecule has 1 heterocycles. The third-order valence-corrected chi connectivity index (χ3v) is 3.03. The first-order valence-electron chi connectivity index (χ1n) is 6.38. The van der Waals surface area contributed by atoms with E-state index >= 15 is 0 Å². The van der Waals surface area contributed by atoms with Gasteiger partial charge in [0.05, 0.1) is 5.69 Å². The molecule has 0 aliphatic rings. The summed E-state index contributed by atoms with van der Waals surface area (Å²) < 4.78 is 2.13. The topological polar surface area (TPSA) is 43.8 Å². The maximum absolute atomic E-state index is 6.24. The van der Waals surface area contributed by atoms with E-state index in [1.165, 1.54) is 0 Å². The lowest BCUT2D eigenvalue weighted by Crippen LogP contribution is -2.24. The summed E-state index contributed by atoms with van der Waals surface area (Å²) in [6, 6.07) is 10.2. The Bertz CT molecular complexity index is 533. The van der Waals surface area contributed by atoms with Crippen molar-refractivity contribution in [2.45, 2.75) is 39.7 Å². The lowest BCUT2D eigenvalue weighted by molar-refractivity contribution is 0.406. The van der Waals surface area contributed by atoms with Crippen LogP contribution in [0.15, 0.2) is 30.3 Å². The standard InChI is InChI=1S/C15H21N3/c1-5-12-13(16)18(15(2,3)4)14(17-12)11-9-7-6-8-10-11/h6-10H,5,16H2,1-4H3. The summed E-state index contributed by atoms with van der Waals surface area (Å²) in [5.41, 5.74) is 8.25. The minimum atomic E-state index is -0.0737. The van der Waals surface area contributed by atoms with Gasteiger partial charge in [0.2, 0.25) is 0 Å². The highest BCUT2D eigenvalue weighted by Gasteiger charge is 2.23. The number of anilines is 1. The number of nitrogen functional groups attached to an aromatic ring is 1. The number of benzene rings is 1. The van der Waals surface area contributed by atoms with Gasteiger partial charge in [-0.1, -0.05) is 37.3 Å². The van der Waals surface area contributed by atoms with Crippen molar-refractivity contribution in [3.05, 3.63) is 36.0 Å². The van der Waals surface area contributed by atoms with Crippen molar-refractivity contribution >= 4 is 5.82 Å². The first kappa shape index (κ1) is 12.7. The molecule has 0 aliphatic heterocycles. The van der Waals surface area contributed by atoms with Crippen molar-refractivity contribution in [3.63, 3.8) is 0 Å². The van der Waals surface area contributed by atoms with Gasteiger partial charge in [-0.2, -0.15) is 0 Å². The van der Waals surface area contributed by atoms with E-state index in [0.717, 1.165) is 29.3 Å². The van der Waals surface area contributed by atoms with Crippen molar-refractivity contribution in [1.29, 1.82) is 0 Å². The van der Waals surface area contributed by atoms with Crippen LogP contribution in [0.3, 0.4) is 0 Å². The quantitative estimate of drug-likeness (QED) is 0.878. The molecule has 2 aromatic rings. The van der Waals surface area contributed by atoms with Crippen LogP contribution in [-0.2, 0) is 12.0 Å². The van der Waals surface area contributed by atoms with E-state index in [-0.39, 0.29) is 5.54 Å². The summed E-state index contributed by atoms with van der Waals surface area (Å²) in [5, 5.41) is 0. The first-order chi connectivity index (χ1) is 8.45. The predicted octanol–water partition coefficient (Wildman–Crippen LogP) is 3.45. The molecule has 0 aliphatic carbocycles. The van der Waals surface area contributed by atoms with Crippen LogP contribution in [0.5, 0.6) is 0 Å². The summed E-state index contributed by atoms with van der Waals surface area (Å²) in [4.78, 5) is 4.70. The summed E-state index contributed by atoms with van der Waals surface area (Å²) in [6.07, 6.45) is 0.856. The molecule has 3 heteroatoms. The molecule has 0 bridgehead atoms. The van der Waals surface area contributed by atoms with Crippen LogP contribution in [0.25, 0.3) is 11.4 Å². The minimum Gasteiger partial charge on any atom is -0.384 e. The Kier molecular flexibility index (Phi) is 3.16. The summed E-state index contributed by atoms with van der Waals surface area (Å²) in [7, 11) is 0. The molecule has 0 amide bonds. The molecule has 1 aromatic carbocycles. The van der Waals surface area contributed by atoms with Gasteiger partial charge in [0.25, 0.3) is 0 Å². The van der Waals surface area contributed by atoms with Gasteiger partial charge < -0.3 is 10.3 Å². The molecule has 0 saturated carbocycles.